The van der Waals surface area contributed by atoms with Gasteiger partial charge in [-0.1, -0.05) is 34.6 Å². The SMILES string of the molecule is CC[C@H]1SC2=NC(C)=C(C(=O)OC(C)C)[C@@H](c3cc(Br)ccc3OC)N2C1=O. The molecule has 0 N–H and O–H groups in total. The molecule has 150 valence electrons. The van der Waals surface area contributed by atoms with E-state index in [1.165, 1.54) is 11.8 Å². The molecule has 0 saturated carbocycles. The number of hydrogen-bond donors (Lipinski definition) is 0. The molecule has 2 heterocycles. The molecule has 8 heteroatoms. The molecule has 6 nitrogen and oxygen atoms in total. The van der Waals surface area contributed by atoms with Gasteiger partial charge in [0.25, 0.3) is 0 Å². The van der Waals surface area contributed by atoms with Crippen LogP contribution < -0.4 is 4.74 Å². The summed E-state index contributed by atoms with van der Waals surface area (Å²) in [5.41, 5.74) is 1.63. The van der Waals surface area contributed by atoms with Crippen molar-refractivity contribution in [2.45, 2.75) is 51.5 Å². The molecule has 1 amide bonds. The highest BCUT2D eigenvalue weighted by Gasteiger charge is 2.48. The highest BCUT2D eigenvalue weighted by molar-refractivity contribution is 9.10. The number of rotatable bonds is 5. The number of nitrogens with zero attached hydrogens (tertiary/aromatic N) is 2. The first-order chi connectivity index (χ1) is 13.3. The van der Waals surface area contributed by atoms with E-state index in [2.05, 4.69) is 20.9 Å². The number of fused-ring (bicyclic) bond motifs is 1. The number of allylic oxidation sites excluding steroid dienone is 1. The molecule has 2 aliphatic heterocycles. The number of benzene rings is 1. The first-order valence-corrected chi connectivity index (χ1v) is 10.8. The number of thioether (sulfide) groups is 1. The van der Waals surface area contributed by atoms with Gasteiger partial charge in [0.15, 0.2) is 5.17 Å². The van der Waals surface area contributed by atoms with Crippen LogP contribution in [0.2, 0.25) is 0 Å². The highest BCUT2D eigenvalue weighted by atomic mass is 79.9. The van der Waals surface area contributed by atoms with Gasteiger partial charge in [-0.25, -0.2) is 9.79 Å². The molecule has 2 atom stereocenters. The summed E-state index contributed by atoms with van der Waals surface area (Å²) in [4.78, 5) is 32.3. The lowest BCUT2D eigenvalue weighted by Gasteiger charge is -2.34. The van der Waals surface area contributed by atoms with E-state index in [-0.39, 0.29) is 17.3 Å². The first-order valence-electron chi connectivity index (χ1n) is 9.12. The zero-order valence-corrected chi connectivity index (χ0v) is 18.9. The van der Waals surface area contributed by atoms with Crippen molar-refractivity contribution in [2.24, 2.45) is 4.99 Å². The summed E-state index contributed by atoms with van der Waals surface area (Å²) in [6.07, 6.45) is 0.405. The lowest BCUT2D eigenvalue weighted by molar-refractivity contribution is -0.143. The van der Waals surface area contributed by atoms with Gasteiger partial charge in [-0.05, 0) is 45.4 Å². The maximum Gasteiger partial charge on any atom is 0.338 e. The highest BCUT2D eigenvalue weighted by Crippen LogP contribution is 2.46. The summed E-state index contributed by atoms with van der Waals surface area (Å²) in [6.45, 7) is 7.34. The minimum absolute atomic E-state index is 0.0550. The van der Waals surface area contributed by atoms with Crippen LogP contribution >= 0.6 is 27.7 Å². The summed E-state index contributed by atoms with van der Waals surface area (Å²) in [7, 11) is 1.57. The Kier molecular flexibility index (Phi) is 6.19. The van der Waals surface area contributed by atoms with Gasteiger partial charge < -0.3 is 9.47 Å². The van der Waals surface area contributed by atoms with E-state index in [0.29, 0.717) is 34.2 Å². The number of methoxy groups -OCH3 is 1. The Bertz CT molecular complexity index is 881. The maximum atomic E-state index is 13.1. The van der Waals surface area contributed by atoms with Gasteiger partial charge in [0, 0.05) is 10.0 Å². The second kappa shape index (κ2) is 8.29. The van der Waals surface area contributed by atoms with Crippen LogP contribution in [0.4, 0.5) is 0 Å². The minimum atomic E-state index is -0.650. The van der Waals surface area contributed by atoms with E-state index in [0.717, 1.165) is 4.47 Å². The van der Waals surface area contributed by atoms with Crippen molar-refractivity contribution in [3.05, 3.63) is 39.5 Å². The Morgan fingerprint density at radius 1 is 1.39 bits per heavy atom. The number of esters is 1. The van der Waals surface area contributed by atoms with E-state index < -0.39 is 12.0 Å². The molecule has 0 aromatic heterocycles. The Labute approximate surface area is 177 Å². The van der Waals surface area contributed by atoms with Crippen molar-refractivity contribution in [1.82, 2.24) is 4.90 Å². The Morgan fingerprint density at radius 3 is 2.71 bits per heavy atom. The van der Waals surface area contributed by atoms with Crippen molar-refractivity contribution >= 4 is 44.7 Å². The molecule has 1 aromatic carbocycles. The third-order valence-corrected chi connectivity index (χ3v) is 6.38. The van der Waals surface area contributed by atoms with Crippen LogP contribution in [0.5, 0.6) is 5.75 Å². The van der Waals surface area contributed by atoms with Crippen LogP contribution in [0, 0.1) is 0 Å². The summed E-state index contributed by atoms with van der Waals surface area (Å²) < 4.78 is 11.9. The molecule has 0 spiro atoms. The molecule has 1 saturated heterocycles. The predicted octanol–water partition coefficient (Wildman–Crippen LogP) is 4.45. The largest absolute Gasteiger partial charge is 0.496 e. The number of aliphatic imine (C=N–C) groups is 1. The van der Waals surface area contributed by atoms with Crippen LogP contribution in [0.15, 0.2) is 38.9 Å². The number of ether oxygens (including phenoxy) is 2. The number of hydrogen-bond acceptors (Lipinski definition) is 6. The fourth-order valence-electron chi connectivity index (χ4n) is 3.34. The topological polar surface area (TPSA) is 68.2 Å². The number of halogens is 1. The average molecular weight is 467 g/mol. The maximum absolute atomic E-state index is 13.1. The van der Waals surface area contributed by atoms with Crippen LogP contribution in [0.1, 0.15) is 45.7 Å². The van der Waals surface area contributed by atoms with Crippen LogP contribution in [-0.4, -0.2) is 40.4 Å². The van der Waals surface area contributed by atoms with Crippen LogP contribution in [-0.2, 0) is 14.3 Å². The molecule has 0 unspecified atom stereocenters. The van der Waals surface area contributed by atoms with E-state index in [1.807, 2.05) is 25.1 Å². The quantitative estimate of drug-likeness (QED) is 0.599. The van der Waals surface area contributed by atoms with Crippen molar-refractivity contribution in [3.8, 4) is 5.75 Å². The molecule has 3 rings (SSSR count). The summed E-state index contributed by atoms with van der Waals surface area (Å²) >= 11 is 4.93. The molecular formula is C20H23BrN2O4S. The lowest BCUT2D eigenvalue weighted by Crippen LogP contribution is -2.41. The molecule has 28 heavy (non-hydrogen) atoms. The van der Waals surface area contributed by atoms with E-state index >= 15 is 0 Å². The Balaban J connectivity index is 2.21. The molecule has 1 fully saturated rings. The molecule has 1 aromatic rings. The zero-order chi connectivity index (χ0) is 20.6. The monoisotopic (exact) mass is 466 g/mol. The van der Waals surface area contributed by atoms with Gasteiger partial charge in [0.05, 0.1) is 29.7 Å². The average Bonchev–Trinajstić information content (AvgIpc) is 2.95. The Hall–Kier alpha value is -1.80. The van der Waals surface area contributed by atoms with E-state index in [9.17, 15) is 9.59 Å². The predicted molar refractivity (Wildman–Crippen MR) is 113 cm³/mol. The minimum Gasteiger partial charge on any atom is -0.496 e. The van der Waals surface area contributed by atoms with E-state index in [4.69, 9.17) is 9.47 Å². The third-order valence-electron chi connectivity index (χ3n) is 4.57. The lowest BCUT2D eigenvalue weighted by atomic mass is 9.93. The van der Waals surface area contributed by atoms with Crippen LogP contribution in [0.3, 0.4) is 0 Å². The van der Waals surface area contributed by atoms with Gasteiger partial charge in [0.2, 0.25) is 5.91 Å². The number of carbonyl (C=O) groups is 2. The molecule has 2 aliphatic rings. The smallest absolute Gasteiger partial charge is 0.338 e. The van der Waals surface area contributed by atoms with Gasteiger partial charge in [-0.3, -0.25) is 9.69 Å². The Morgan fingerprint density at radius 2 is 2.11 bits per heavy atom. The standard InChI is InChI=1S/C20H23BrN2O4S/c1-6-15-18(24)23-17(13-9-12(21)7-8-14(13)26-5)16(19(25)27-10(2)3)11(4)22-20(23)28-15/h7-10,15,17H,6H2,1-5H3/t15-,17-/m1/s1. The summed E-state index contributed by atoms with van der Waals surface area (Å²) in [5.74, 6) is 0.0653. The summed E-state index contributed by atoms with van der Waals surface area (Å²) in [5, 5.41) is 0.398. The fourth-order valence-corrected chi connectivity index (χ4v) is 4.85. The third kappa shape index (κ3) is 3.72. The van der Waals surface area contributed by atoms with Crippen molar-refractivity contribution in [3.63, 3.8) is 0 Å². The van der Waals surface area contributed by atoms with Gasteiger partial charge >= 0.3 is 5.97 Å². The van der Waals surface area contributed by atoms with Gasteiger partial charge in [0.1, 0.15) is 11.8 Å². The normalized spacial score (nSPS) is 21.8. The second-order valence-electron chi connectivity index (χ2n) is 6.86. The van der Waals surface area contributed by atoms with Gasteiger partial charge in [-0.15, -0.1) is 0 Å². The molecule has 0 bridgehead atoms. The molecule has 0 aliphatic carbocycles. The van der Waals surface area contributed by atoms with Crippen LogP contribution in [0.25, 0.3) is 0 Å². The van der Waals surface area contributed by atoms with Crippen molar-refractivity contribution in [1.29, 1.82) is 0 Å². The molecule has 0 radical (unpaired) electrons. The number of amidine groups is 1. The van der Waals surface area contributed by atoms with Crippen molar-refractivity contribution in [2.75, 3.05) is 7.11 Å². The van der Waals surface area contributed by atoms with Crippen molar-refractivity contribution < 1.29 is 19.1 Å². The zero-order valence-electron chi connectivity index (χ0n) is 16.5. The van der Waals surface area contributed by atoms with E-state index in [1.54, 1.807) is 32.8 Å². The molecular weight excluding hydrogens is 444 g/mol. The first kappa shape index (κ1) is 20.9. The second-order valence-corrected chi connectivity index (χ2v) is 8.94. The number of amides is 1. The number of carbonyl (C=O) groups excluding carboxylic acids is 2. The fraction of sp³-hybridized carbons (Fsp3) is 0.450. The van der Waals surface area contributed by atoms with Gasteiger partial charge in [-0.2, -0.15) is 0 Å². The summed E-state index contributed by atoms with van der Waals surface area (Å²) in [6, 6.07) is 4.90.